The van der Waals surface area contributed by atoms with Crippen molar-refractivity contribution >= 4 is 43.5 Å². The van der Waals surface area contributed by atoms with Gasteiger partial charge in [0.1, 0.15) is 5.75 Å². The van der Waals surface area contributed by atoms with E-state index in [1.807, 2.05) is 36.4 Å². The third-order valence-electron chi connectivity index (χ3n) is 2.90. The van der Waals surface area contributed by atoms with E-state index in [1.54, 1.807) is 7.11 Å². The first-order valence-corrected chi connectivity index (χ1v) is 7.91. The van der Waals surface area contributed by atoms with Crippen molar-refractivity contribution in [2.45, 2.75) is 11.2 Å². The first kappa shape index (κ1) is 14.9. The van der Waals surface area contributed by atoms with Crippen LogP contribution in [-0.4, -0.2) is 7.11 Å². The molecular formula is C15H13Br2ClO. The highest BCUT2D eigenvalue weighted by molar-refractivity contribution is 9.10. The topological polar surface area (TPSA) is 9.23 Å². The molecule has 100 valence electrons. The summed E-state index contributed by atoms with van der Waals surface area (Å²) in [7, 11) is 1.70. The Morgan fingerprint density at radius 1 is 1.21 bits per heavy atom. The van der Waals surface area contributed by atoms with Gasteiger partial charge in [-0.05, 0) is 51.7 Å². The van der Waals surface area contributed by atoms with E-state index in [0.717, 1.165) is 21.7 Å². The largest absolute Gasteiger partial charge is 0.496 e. The second-order valence-electron chi connectivity index (χ2n) is 4.16. The predicted octanol–water partition coefficient (Wildman–Crippen LogP) is 5.79. The molecule has 4 heteroatoms. The molecule has 0 aliphatic rings. The fourth-order valence-electron chi connectivity index (χ4n) is 1.89. The number of alkyl halides is 1. The van der Waals surface area contributed by atoms with Gasteiger partial charge < -0.3 is 4.74 Å². The highest BCUT2D eigenvalue weighted by Gasteiger charge is 2.12. The molecule has 1 unspecified atom stereocenters. The van der Waals surface area contributed by atoms with E-state index in [0.29, 0.717) is 0 Å². The quantitative estimate of drug-likeness (QED) is 0.586. The molecule has 0 saturated heterocycles. The summed E-state index contributed by atoms with van der Waals surface area (Å²) in [6.45, 7) is 0. The predicted molar refractivity (Wildman–Crippen MR) is 87.5 cm³/mol. The molecule has 0 radical (unpaired) electrons. The molecule has 0 aliphatic carbocycles. The highest BCUT2D eigenvalue weighted by Crippen LogP contribution is 2.33. The average Bonchev–Trinajstić information content (AvgIpc) is 2.42. The first-order chi connectivity index (χ1) is 9.11. The van der Waals surface area contributed by atoms with Gasteiger partial charge in [0.25, 0.3) is 0 Å². The Morgan fingerprint density at radius 2 is 1.95 bits per heavy atom. The van der Waals surface area contributed by atoms with Crippen LogP contribution in [-0.2, 0) is 6.42 Å². The van der Waals surface area contributed by atoms with Crippen molar-refractivity contribution in [2.75, 3.05) is 7.11 Å². The zero-order valence-corrected chi connectivity index (χ0v) is 14.3. The van der Waals surface area contributed by atoms with E-state index in [4.69, 9.17) is 16.3 Å². The monoisotopic (exact) mass is 402 g/mol. The molecule has 0 fully saturated rings. The van der Waals surface area contributed by atoms with Crippen molar-refractivity contribution in [1.82, 2.24) is 0 Å². The SMILES string of the molecule is COc1ccccc1CC(Br)c1ccc(Cl)c(Br)c1. The van der Waals surface area contributed by atoms with Crippen LogP contribution in [0.15, 0.2) is 46.9 Å². The lowest BCUT2D eigenvalue weighted by Crippen LogP contribution is -1.98. The fourth-order valence-corrected chi connectivity index (χ4v) is 3.04. The second-order valence-corrected chi connectivity index (χ2v) is 6.52. The minimum atomic E-state index is 0.220. The molecule has 2 aromatic rings. The van der Waals surface area contributed by atoms with Gasteiger partial charge in [0.15, 0.2) is 0 Å². The van der Waals surface area contributed by atoms with Crippen molar-refractivity contribution in [3.63, 3.8) is 0 Å². The lowest BCUT2D eigenvalue weighted by molar-refractivity contribution is 0.409. The Kier molecular flexibility index (Phi) is 5.31. The highest BCUT2D eigenvalue weighted by atomic mass is 79.9. The Bertz CT molecular complexity index is 572. The number of methoxy groups -OCH3 is 1. The maximum atomic E-state index is 6.01. The molecule has 2 rings (SSSR count). The fraction of sp³-hybridized carbons (Fsp3) is 0.200. The number of rotatable bonds is 4. The number of para-hydroxylation sites is 1. The summed E-state index contributed by atoms with van der Waals surface area (Å²) in [5.41, 5.74) is 2.36. The van der Waals surface area contributed by atoms with Crippen LogP contribution < -0.4 is 4.74 Å². The van der Waals surface area contributed by atoms with Gasteiger partial charge in [0, 0.05) is 9.30 Å². The first-order valence-electron chi connectivity index (χ1n) is 5.82. The normalized spacial score (nSPS) is 12.2. The number of hydrogen-bond acceptors (Lipinski definition) is 1. The van der Waals surface area contributed by atoms with Crippen LogP contribution in [0, 0.1) is 0 Å². The van der Waals surface area contributed by atoms with Gasteiger partial charge in [-0.15, -0.1) is 0 Å². The van der Waals surface area contributed by atoms with Crippen molar-refractivity contribution in [1.29, 1.82) is 0 Å². The minimum absolute atomic E-state index is 0.220. The summed E-state index contributed by atoms with van der Waals surface area (Å²) in [6, 6.07) is 14.0. The molecule has 0 aliphatic heterocycles. The molecule has 0 spiro atoms. The van der Waals surface area contributed by atoms with Gasteiger partial charge in [0.2, 0.25) is 0 Å². The van der Waals surface area contributed by atoms with Crippen LogP contribution in [0.25, 0.3) is 0 Å². The lowest BCUT2D eigenvalue weighted by atomic mass is 10.0. The van der Waals surface area contributed by atoms with Crippen molar-refractivity contribution in [3.8, 4) is 5.75 Å². The van der Waals surface area contributed by atoms with Crippen LogP contribution in [0.3, 0.4) is 0 Å². The van der Waals surface area contributed by atoms with E-state index in [1.165, 1.54) is 11.1 Å². The van der Waals surface area contributed by atoms with Crippen LogP contribution in [0.1, 0.15) is 16.0 Å². The molecule has 0 heterocycles. The molecule has 0 amide bonds. The second kappa shape index (κ2) is 6.78. The van der Waals surface area contributed by atoms with Gasteiger partial charge in [0.05, 0.1) is 12.1 Å². The number of benzene rings is 2. The molecule has 1 nitrogen and oxygen atoms in total. The third kappa shape index (κ3) is 3.74. The molecule has 2 aromatic carbocycles. The molecule has 0 N–H and O–H groups in total. The molecule has 1 atom stereocenters. The Hall–Kier alpha value is -0.510. The van der Waals surface area contributed by atoms with Crippen LogP contribution in [0.2, 0.25) is 5.02 Å². The maximum absolute atomic E-state index is 6.01. The minimum Gasteiger partial charge on any atom is -0.496 e. The number of ether oxygens (including phenoxy) is 1. The summed E-state index contributed by atoms with van der Waals surface area (Å²) in [5, 5.41) is 0.723. The molecule has 0 aromatic heterocycles. The van der Waals surface area contributed by atoms with Gasteiger partial charge in [-0.25, -0.2) is 0 Å². The maximum Gasteiger partial charge on any atom is 0.122 e. The summed E-state index contributed by atoms with van der Waals surface area (Å²) >= 11 is 13.2. The molecule has 0 bridgehead atoms. The Labute approximate surface area is 135 Å². The average molecular weight is 405 g/mol. The standard InChI is InChI=1S/C15H13Br2ClO/c1-19-15-5-3-2-4-11(15)9-12(16)10-6-7-14(18)13(17)8-10/h2-8,12H,9H2,1H3. The number of halogens is 3. The number of hydrogen-bond donors (Lipinski definition) is 0. The van der Waals surface area contributed by atoms with Crippen molar-refractivity contribution in [2.24, 2.45) is 0 Å². The van der Waals surface area contributed by atoms with Crippen molar-refractivity contribution in [3.05, 3.63) is 63.1 Å². The van der Waals surface area contributed by atoms with Crippen LogP contribution in [0.4, 0.5) is 0 Å². The Balaban J connectivity index is 2.20. The Morgan fingerprint density at radius 3 is 2.63 bits per heavy atom. The lowest BCUT2D eigenvalue weighted by Gasteiger charge is -2.14. The van der Waals surface area contributed by atoms with E-state index < -0.39 is 0 Å². The summed E-state index contributed by atoms with van der Waals surface area (Å²) < 4.78 is 6.29. The third-order valence-corrected chi connectivity index (χ3v) is 4.96. The zero-order valence-electron chi connectivity index (χ0n) is 10.4. The smallest absolute Gasteiger partial charge is 0.122 e. The van der Waals surface area contributed by atoms with Gasteiger partial charge in [-0.1, -0.05) is 51.8 Å². The van der Waals surface area contributed by atoms with Gasteiger partial charge in [-0.2, -0.15) is 0 Å². The van der Waals surface area contributed by atoms with Crippen molar-refractivity contribution < 1.29 is 4.74 Å². The summed E-state index contributed by atoms with van der Waals surface area (Å²) in [6.07, 6.45) is 0.859. The van der Waals surface area contributed by atoms with E-state index in [9.17, 15) is 0 Å². The molecular weight excluding hydrogens is 391 g/mol. The van der Waals surface area contributed by atoms with Crippen LogP contribution in [0.5, 0.6) is 5.75 Å². The van der Waals surface area contributed by atoms with E-state index in [-0.39, 0.29) is 4.83 Å². The summed E-state index contributed by atoms with van der Waals surface area (Å²) in [5.74, 6) is 0.917. The van der Waals surface area contributed by atoms with Crippen LogP contribution >= 0.6 is 43.5 Å². The summed E-state index contributed by atoms with van der Waals surface area (Å²) in [4.78, 5) is 0.220. The van der Waals surface area contributed by atoms with E-state index in [2.05, 4.69) is 37.9 Å². The van der Waals surface area contributed by atoms with Gasteiger partial charge in [-0.3, -0.25) is 0 Å². The van der Waals surface area contributed by atoms with Gasteiger partial charge >= 0.3 is 0 Å². The molecule has 0 saturated carbocycles. The van der Waals surface area contributed by atoms with E-state index >= 15 is 0 Å². The molecule has 19 heavy (non-hydrogen) atoms. The zero-order chi connectivity index (χ0) is 13.8.